The molecule has 0 heterocycles. The SMILES string of the molecule is COC(=O)CC(C)NC(=O)CCC(=O)c1ccc(Cl)cc1. The van der Waals surface area contributed by atoms with E-state index in [1.54, 1.807) is 31.2 Å². The van der Waals surface area contributed by atoms with Gasteiger partial charge < -0.3 is 10.1 Å². The smallest absolute Gasteiger partial charge is 0.307 e. The number of hydrogen-bond donors (Lipinski definition) is 1. The molecule has 5 nitrogen and oxygen atoms in total. The van der Waals surface area contributed by atoms with Gasteiger partial charge in [-0.3, -0.25) is 14.4 Å². The molecule has 1 unspecified atom stereocenters. The fourth-order valence-corrected chi connectivity index (χ4v) is 1.86. The second kappa shape index (κ2) is 8.42. The van der Waals surface area contributed by atoms with Crippen molar-refractivity contribution in [3.05, 3.63) is 34.9 Å². The summed E-state index contributed by atoms with van der Waals surface area (Å²) in [5.41, 5.74) is 0.523. The number of carbonyl (C=O) groups excluding carboxylic acids is 3. The van der Waals surface area contributed by atoms with E-state index in [0.29, 0.717) is 10.6 Å². The molecule has 1 aromatic rings. The summed E-state index contributed by atoms with van der Waals surface area (Å²) in [6, 6.07) is 6.20. The zero-order valence-corrected chi connectivity index (χ0v) is 12.8. The van der Waals surface area contributed by atoms with Crippen molar-refractivity contribution in [2.75, 3.05) is 7.11 Å². The van der Waals surface area contributed by atoms with Gasteiger partial charge in [0, 0.05) is 29.5 Å². The van der Waals surface area contributed by atoms with Crippen molar-refractivity contribution in [2.24, 2.45) is 0 Å². The number of rotatable bonds is 7. The van der Waals surface area contributed by atoms with E-state index in [4.69, 9.17) is 11.6 Å². The first kappa shape index (κ1) is 17.2. The maximum Gasteiger partial charge on any atom is 0.307 e. The van der Waals surface area contributed by atoms with Gasteiger partial charge in [-0.1, -0.05) is 11.6 Å². The van der Waals surface area contributed by atoms with Crippen LogP contribution in [0.4, 0.5) is 0 Å². The molecule has 0 saturated carbocycles. The Morgan fingerprint density at radius 1 is 1.19 bits per heavy atom. The van der Waals surface area contributed by atoms with E-state index in [1.807, 2.05) is 0 Å². The van der Waals surface area contributed by atoms with Crippen LogP contribution in [0, 0.1) is 0 Å². The third-order valence-corrected chi connectivity index (χ3v) is 3.11. The molecule has 21 heavy (non-hydrogen) atoms. The molecule has 0 radical (unpaired) electrons. The number of hydrogen-bond acceptors (Lipinski definition) is 4. The summed E-state index contributed by atoms with van der Waals surface area (Å²) >= 11 is 5.74. The van der Waals surface area contributed by atoms with Gasteiger partial charge in [-0.25, -0.2) is 0 Å². The molecule has 0 saturated heterocycles. The molecule has 0 spiro atoms. The van der Waals surface area contributed by atoms with E-state index in [1.165, 1.54) is 7.11 Å². The van der Waals surface area contributed by atoms with Gasteiger partial charge >= 0.3 is 5.97 Å². The molecular weight excluding hydrogens is 294 g/mol. The lowest BCUT2D eigenvalue weighted by atomic mass is 10.1. The minimum absolute atomic E-state index is 0.0764. The fourth-order valence-electron chi connectivity index (χ4n) is 1.74. The standard InChI is InChI=1S/C15H18ClNO4/c1-10(9-15(20)21-2)17-14(19)8-7-13(18)11-3-5-12(16)6-4-11/h3-6,10H,7-9H2,1-2H3,(H,17,19). The average Bonchev–Trinajstić information content (AvgIpc) is 2.45. The largest absolute Gasteiger partial charge is 0.469 e. The van der Waals surface area contributed by atoms with Crippen molar-refractivity contribution in [1.82, 2.24) is 5.32 Å². The van der Waals surface area contributed by atoms with Crippen molar-refractivity contribution < 1.29 is 19.1 Å². The van der Waals surface area contributed by atoms with E-state index in [0.717, 1.165) is 0 Å². The van der Waals surface area contributed by atoms with Crippen LogP contribution in [0.3, 0.4) is 0 Å². The zero-order chi connectivity index (χ0) is 15.8. The van der Waals surface area contributed by atoms with Gasteiger partial charge in [-0.2, -0.15) is 0 Å². The van der Waals surface area contributed by atoms with Gasteiger partial charge in [0.2, 0.25) is 5.91 Å². The topological polar surface area (TPSA) is 72.5 Å². The maximum atomic E-state index is 11.9. The van der Waals surface area contributed by atoms with Crippen molar-refractivity contribution in [1.29, 1.82) is 0 Å². The number of benzene rings is 1. The minimum Gasteiger partial charge on any atom is -0.469 e. The highest BCUT2D eigenvalue weighted by molar-refractivity contribution is 6.30. The minimum atomic E-state index is -0.389. The molecule has 0 aliphatic rings. The molecule has 0 aliphatic carbocycles. The summed E-state index contributed by atoms with van der Waals surface area (Å²) in [7, 11) is 1.29. The number of ketones is 1. The first-order valence-corrected chi connectivity index (χ1v) is 6.95. The number of esters is 1. The van der Waals surface area contributed by atoms with Crippen LogP contribution in [-0.4, -0.2) is 30.8 Å². The second-order valence-electron chi connectivity index (χ2n) is 4.68. The second-order valence-corrected chi connectivity index (χ2v) is 5.12. The molecule has 1 rings (SSSR count). The molecule has 6 heteroatoms. The molecule has 114 valence electrons. The molecular formula is C15H18ClNO4. The van der Waals surface area contributed by atoms with E-state index >= 15 is 0 Å². The summed E-state index contributed by atoms with van der Waals surface area (Å²) in [6.07, 6.45) is 0.290. The third-order valence-electron chi connectivity index (χ3n) is 2.85. The van der Waals surface area contributed by atoms with E-state index < -0.39 is 0 Å². The van der Waals surface area contributed by atoms with Crippen LogP contribution in [0.15, 0.2) is 24.3 Å². The lowest BCUT2D eigenvalue weighted by Gasteiger charge is -2.12. The van der Waals surface area contributed by atoms with Gasteiger partial charge in [0.15, 0.2) is 5.78 Å². The van der Waals surface area contributed by atoms with Crippen molar-refractivity contribution in [3.63, 3.8) is 0 Å². The van der Waals surface area contributed by atoms with Crippen LogP contribution >= 0.6 is 11.6 Å². The van der Waals surface area contributed by atoms with Crippen molar-refractivity contribution in [3.8, 4) is 0 Å². The fraction of sp³-hybridized carbons (Fsp3) is 0.400. The Morgan fingerprint density at radius 3 is 2.38 bits per heavy atom. The molecule has 1 N–H and O–H groups in total. The Labute approximate surface area is 128 Å². The van der Waals surface area contributed by atoms with Gasteiger partial charge in [-0.05, 0) is 31.2 Å². The average molecular weight is 312 g/mol. The van der Waals surface area contributed by atoms with Crippen LogP contribution in [0.25, 0.3) is 0 Å². The number of Topliss-reactive ketones (excluding diaryl/α,β-unsaturated/α-hetero) is 1. The van der Waals surface area contributed by atoms with Crippen LogP contribution in [-0.2, 0) is 14.3 Å². The van der Waals surface area contributed by atoms with Crippen LogP contribution in [0.5, 0.6) is 0 Å². The number of ether oxygens (including phenoxy) is 1. The quantitative estimate of drug-likeness (QED) is 0.620. The summed E-state index contributed by atoms with van der Waals surface area (Å²) in [5, 5.41) is 3.20. The van der Waals surface area contributed by atoms with Crippen LogP contribution < -0.4 is 5.32 Å². The third kappa shape index (κ3) is 6.40. The summed E-state index contributed by atoms with van der Waals surface area (Å²) in [5.74, 6) is -0.781. The molecule has 0 fully saturated rings. The number of halogens is 1. The Kier molecular flexibility index (Phi) is 6.88. The Bertz CT molecular complexity index is 513. The molecule has 0 aliphatic heterocycles. The van der Waals surface area contributed by atoms with Crippen molar-refractivity contribution >= 4 is 29.3 Å². The summed E-state index contributed by atoms with van der Waals surface area (Å²) in [4.78, 5) is 34.6. The monoisotopic (exact) mass is 311 g/mol. The van der Waals surface area contributed by atoms with Gasteiger partial charge in [-0.15, -0.1) is 0 Å². The lowest BCUT2D eigenvalue weighted by Crippen LogP contribution is -2.34. The maximum absolute atomic E-state index is 11.9. The highest BCUT2D eigenvalue weighted by Crippen LogP contribution is 2.11. The van der Waals surface area contributed by atoms with E-state index in [-0.39, 0.29) is 43.0 Å². The Morgan fingerprint density at radius 2 is 1.81 bits per heavy atom. The predicted molar refractivity (Wildman–Crippen MR) is 79.3 cm³/mol. The normalized spacial score (nSPS) is 11.6. The number of amides is 1. The molecule has 0 aromatic heterocycles. The van der Waals surface area contributed by atoms with Crippen molar-refractivity contribution in [2.45, 2.75) is 32.2 Å². The van der Waals surface area contributed by atoms with E-state index in [2.05, 4.69) is 10.1 Å². The molecule has 1 aromatic carbocycles. The van der Waals surface area contributed by atoms with Gasteiger partial charge in [0.25, 0.3) is 0 Å². The Balaban J connectivity index is 2.37. The lowest BCUT2D eigenvalue weighted by molar-refractivity contribution is -0.141. The molecule has 1 amide bonds. The first-order valence-electron chi connectivity index (χ1n) is 6.57. The number of nitrogens with one attached hydrogen (secondary N) is 1. The molecule has 0 bridgehead atoms. The predicted octanol–water partition coefficient (Wildman–Crippen LogP) is 2.37. The summed E-state index contributed by atoms with van der Waals surface area (Å²) in [6.45, 7) is 1.70. The van der Waals surface area contributed by atoms with Gasteiger partial charge in [0.1, 0.15) is 0 Å². The van der Waals surface area contributed by atoms with E-state index in [9.17, 15) is 14.4 Å². The van der Waals surface area contributed by atoms with Gasteiger partial charge in [0.05, 0.1) is 13.5 Å². The first-order chi connectivity index (χ1) is 9.92. The number of carbonyl (C=O) groups is 3. The number of methoxy groups -OCH3 is 1. The summed E-state index contributed by atoms with van der Waals surface area (Å²) < 4.78 is 4.51. The van der Waals surface area contributed by atoms with Crippen LogP contribution in [0.2, 0.25) is 5.02 Å². The zero-order valence-electron chi connectivity index (χ0n) is 12.0. The molecule has 1 atom stereocenters. The Hall–Kier alpha value is -1.88. The highest BCUT2D eigenvalue weighted by atomic mass is 35.5. The highest BCUT2D eigenvalue weighted by Gasteiger charge is 2.14. The van der Waals surface area contributed by atoms with Crippen LogP contribution in [0.1, 0.15) is 36.5 Å².